The Kier molecular flexibility index (Phi) is 4.85. The Bertz CT molecular complexity index is 712. The zero-order chi connectivity index (χ0) is 16.5. The number of hydrogen-bond donors (Lipinski definition) is 3. The number of aliphatic hydroxyl groups excluding tert-OH is 1. The number of nitrogens with zero attached hydrogens (tertiary/aromatic N) is 3. The van der Waals surface area contributed by atoms with Gasteiger partial charge in [-0.05, 0) is 50.1 Å². The minimum atomic E-state index is 0.197. The standard InChI is InChI=1S/C16H22ClN5OS/c17-16-21-13(12-15(22-16)24-14(20-12)9-1-2-9)19-11-5-3-10(4-6-11)18-7-8-23/h9-11,18,23H,1-8H2,(H,19,21,22). The van der Waals surface area contributed by atoms with Gasteiger partial charge in [0.05, 0.1) is 11.6 Å². The van der Waals surface area contributed by atoms with Crippen LogP contribution >= 0.6 is 22.9 Å². The second-order valence-electron chi connectivity index (χ2n) is 6.69. The van der Waals surface area contributed by atoms with Gasteiger partial charge in [-0.1, -0.05) is 11.3 Å². The number of fused-ring (bicyclic) bond motifs is 1. The first-order valence-electron chi connectivity index (χ1n) is 8.67. The fraction of sp³-hybridized carbons (Fsp3) is 0.688. The summed E-state index contributed by atoms with van der Waals surface area (Å²) in [6.07, 6.45) is 6.81. The van der Waals surface area contributed by atoms with Crippen LogP contribution in [0.1, 0.15) is 49.5 Å². The summed E-state index contributed by atoms with van der Waals surface area (Å²) in [5.74, 6) is 1.39. The van der Waals surface area contributed by atoms with Crippen LogP contribution in [-0.2, 0) is 0 Å². The first-order valence-corrected chi connectivity index (χ1v) is 9.87. The Morgan fingerprint density at radius 2 is 1.79 bits per heavy atom. The molecule has 0 radical (unpaired) electrons. The third kappa shape index (κ3) is 3.64. The second-order valence-corrected chi connectivity index (χ2v) is 8.04. The molecule has 2 aliphatic carbocycles. The smallest absolute Gasteiger partial charge is 0.225 e. The molecule has 130 valence electrons. The van der Waals surface area contributed by atoms with Crippen molar-refractivity contribution in [3.8, 4) is 0 Å². The number of hydrogen-bond acceptors (Lipinski definition) is 7. The Balaban J connectivity index is 1.46. The van der Waals surface area contributed by atoms with Gasteiger partial charge < -0.3 is 15.7 Å². The van der Waals surface area contributed by atoms with E-state index in [9.17, 15) is 0 Å². The lowest BCUT2D eigenvalue weighted by atomic mass is 9.91. The molecule has 0 aromatic carbocycles. The molecule has 6 nitrogen and oxygen atoms in total. The van der Waals surface area contributed by atoms with Crippen molar-refractivity contribution < 1.29 is 5.11 Å². The fourth-order valence-electron chi connectivity index (χ4n) is 3.32. The quantitative estimate of drug-likeness (QED) is 0.681. The first kappa shape index (κ1) is 16.4. The van der Waals surface area contributed by atoms with Crippen LogP contribution in [0.5, 0.6) is 0 Å². The molecular formula is C16H22ClN5OS. The van der Waals surface area contributed by atoms with Gasteiger partial charge in [0.25, 0.3) is 0 Å². The van der Waals surface area contributed by atoms with Gasteiger partial charge >= 0.3 is 0 Å². The summed E-state index contributed by atoms with van der Waals surface area (Å²) in [5.41, 5.74) is 0.867. The third-order valence-corrected chi connectivity index (χ3v) is 6.07. The molecule has 0 atom stereocenters. The molecule has 2 heterocycles. The van der Waals surface area contributed by atoms with Crippen molar-refractivity contribution in [3.63, 3.8) is 0 Å². The molecule has 2 aromatic heterocycles. The molecule has 8 heteroatoms. The van der Waals surface area contributed by atoms with Crippen LogP contribution in [0.25, 0.3) is 10.3 Å². The molecule has 4 rings (SSSR count). The molecule has 0 bridgehead atoms. The summed E-state index contributed by atoms with van der Waals surface area (Å²) < 4.78 is 0. The predicted molar refractivity (Wildman–Crippen MR) is 97.0 cm³/mol. The Hall–Kier alpha value is -1.02. The van der Waals surface area contributed by atoms with Gasteiger partial charge in [-0.25, -0.2) is 9.97 Å². The SMILES string of the molecule is OCCNC1CCC(Nc2nc(Cl)nc3sc(C4CC4)nc23)CC1. The lowest BCUT2D eigenvalue weighted by molar-refractivity contribution is 0.269. The van der Waals surface area contributed by atoms with E-state index in [1.807, 2.05) is 0 Å². The minimum absolute atomic E-state index is 0.197. The summed E-state index contributed by atoms with van der Waals surface area (Å²) in [5, 5.41) is 17.3. The highest BCUT2D eigenvalue weighted by Crippen LogP contribution is 2.43. The normalized spacial score (nSPS) is 24.4. The van der Waals surface area contributed by atoms with E-state index >= 15 is 0 Å². The van der Waals surface area contributed by atoms with Gasteiger partial charge in [0, 0.05) is 24.5 Å². The molecule has 2 saturated carbocycles. The van der Waals surface area contributed by atoms with Gasteiger partial charge in [-0.3, -0.25) is 0 Å². The summed E-state index contributed by atoms with van der Waals surface area (Å²) in [7, 11) is 0. The molecule has 0 spiro atoms. The van der Waals surface area contributed by atoms with Crippen LogP contribution in [0.2, 0.25) is 5.28 Å². The number of aromatic nitrogens is 3. The molecule has 0 amide bonds. The van der Waals surface area contributed by atoms with Crippen molar-refractivity contribution in [2.24, 2.45) is 0 Å². The lowest BCUT2D eigenvalue weighted by Gasteiger charge is -2.30. The number of anilines is 1. The van der Waals surface area contributed by atoms with Crippen molar-refractivity contribution in [3.05, 3.63) is 10.3 Å². The molecule has 2 aliphatic rings. The average Bonchev–Trinajstić information content (AvgIpc) is 3.34. The molecule has 0 aliphatic heterocycles. The summed E-state index contributed by atoms with van der Waals surface area (Å²) in [6, 6.07) is 0.891. The summed E-state index contributed by atoms with van der Waals surface area (Å²) in [4.78, 5) is 14.4. The highest BCUT2D eigenvalue weighted by molar-refractivity contribution is 7.18. The van der Waals surface area contributed by atoms with Crippen LogP contribution in [0.3, 0.4) is 0 Å². The summed E-state index contributed by atoms with van der Waals surface area (Å²) in [6.45, 7) is 0.871. The largest absolute Gasteiger partial charge is 0.395 e. The van der Waals surface area contributed by atoms with Gasteiger partial charge in [0.2, 0.25) is 5.28 Å². The van der Waals surface area contributed by atoms with Crippen LogP contribution in [0.15, 0.2) is 0 Å². The van der Waals surface area contributed by atoms with E-state index in [1.165, 1.54) is 17.8 Å². The Morgan fingerprint density at radius 1 is 1.04 bits per heavy atom. The van der Waals surface area contributed by atoms with Crippen molar-refractivity contribution in [1.82, 2.24) is 20.3 Å². The van der Waals surface area contributed by atoms with Crippen molar-refractivity contribution in [2.45, 2.75) is 56.5 Å². The van der Waals surface area contributed by atoms with E-state index in [2.05, 4.69) is 20.6 Å². The van der Waals surface area contributed by atoms with E-state index in [-0.39, 0.29) is 11.9 Å². The highest BCUT2D eigenvalue weighted by atomic mass is 35.5. The zero-order valence-corrected chi connectivity index (χ0v) is 15.0. The maximum Gasteiger partial charge on any atom is 0.225 e. The predicted octanol–water partition coefficient (Wildman–Crippen LogP) is 2.92. The van der Waals surface area contributed by atoms with Crippen molar-refractivity contribution in [1.29, 1.82) is 0 Å². The third-order valence-electron chi connectivity index (χ3n) is 4.79. The van der Waals surface area contributed by atoms with Crippen LogP contribution in [0, 0.1) is 0 Å². The topological polar surface area (TPSA) is 83.0 Å². The second kappa shape index (κ2) is 7.07. The number of nitrogens with one attached hydrogen (secondary N) is 2. The maximum atomic E-state index is 8.91. The zero-order valence-electron chi connectivity index (χ0n) is 13.5. The number of halogens is 1. The number of aliphatic hydroxyl groups is 1. The monoisotopic (exact) mass is 367 g/mol. The molecule has 0 unspecified atom stereocenters. The van der Waals surface area contributed by atoms with Crippen molar-refractivity contribution >= 4 is 39.1 Å². The highest BCUT2D eigenvalue weighted by Gasteiger charge is 2.29. The van der Waals surface area contributed by atoms with E-state index < -0.39 is 0 Å². The van der Waals surface area contributed by atoms with E-state index in [0.29, 0.717) is 24.5 Å². The molecule has 0 saturated heterocycles. The van der Waals surface area contributed by atoms with Gasteiger partial charge in [-0.15, -0.1) is 0 Å². The van der Waals surface area contributed by atoms with Crippen LogP contribution in [-0.4, -0.2) is 45.3 Å². The van der Waals surface area contributed by atoms with E-state index in [1.54, 1.807) is 11.3 Å². The maximum absolute atomic E-state index is 8.91. The molecule has 3 N–H and O–H groups in total. The summed E-state index contributed by atoms with van der Waals surface area (Å²) >= 11 is 7.76. The fourth-order valence-corrected chi connectivity index (χ4v) is 4.65. The molecule has 24 heavy (non-hydrogen) atoms. The van der Waals surface area contributed by atoms with Crippen molar-refractivity contribution in [2.75, 3.05) is 18.5 Å². The minimum Gasteiger partial charge on any atom is -0.395 e. The van der Waals surface area contributed by atoms with Gasteiger partial charge in [0.1, 0.15) is 5.52 Å². The number of rotatable bonds is 6. The van der Waals surface area contributed by atoms with E-state index in [4.69, 9.17) is 21.7 Å². The average molecular weight is 368 g/mol. The molecule has 2 aromatic rings. The van der Waals surface area contributed by atoms with Crippen LogP contribution in [0.4, 0.5) is 5.82 Å². The van der Waals surface area contributed by atoms with Gasteiger partial charge in [0.15, 0.2) is 10.6 Å². The van der Waals surface area contributed by atoms with Crippen LogP contribution < -0.4 is 10.6 Å². The van der Waals surface area contributed by atoms with Gasteiger partial charge in [-0.2, -0.15) is 4.98 Å². The lowest BCUT2D eigenvalue weighted by Crippen LogP contribution is -2.38. The number of thiazole rings is 1. The molecular weight excluding hydrogens is 346 g/mol. The first-order chi connectivity index (χ1) is 11.7. The Labute approximate surface area is 150 Å². The Morgan fingerprint density at radius 3 is 2.50 bits per heavy atom. The molecule has 2 fully saturated rings. The van der Waals surface area contributed by atoms with E-state index in [0.717, 1.165) is 41.8 Å².